The van der Waals surface area contributed by atoms with E-state index in [1.165, 1.54) is 116 Å². The summed E-state index contributed by atoms with van der Waals surface area (Å²) in [5.41, 5.74) is 0. The van der Waals surface area contributed by atoms with Crippen LogP contribution in [0.5, 0.6) is 0 Å². The van der Waals surface area contributed by atoms with Gasteiger partial charge in [-0.1, -0.05) is 226 Å². The quantitative estimate of drug-likeness (QED) is 0.00887. The Balaban J connectivity index is 1.75. The molecule has 0 aromatic carbocycles. The van der Waals surface area contributed by atoms with Gasteiger partial charge in [-0.05, 0) is 50.9 Å². The van der Waals surface area contributed by atoms with Crippen molar-refractivity contribution in [2.75, 3.05) is 26.4 Å². The van der Waals surface area contributed by atoms with Crippen LogP contribution in [0.3, 0.4) is 0 Å². The van der Waals surface area contributed by atoms with E-state index in [0.29, 0.717) is 31.6 Å². The number of hydrogen-bond acceptors (Lipinski definition) is 23. The van der Waals surface area contributed by atoms with Crippen molar-refractivity contribution in [2.45, 2.75) is 382 Å². The van der Waals surface area contributed by atoms with Gasteiger partial charge in [0.15, 0.2) is 18.7 Å². The average Bonchev–Trinajstić information content (AvgIpc) is 0.764. The summed E-state index contributed by atoms with van der Waals surface area (Å²) >= 11 is 0. The van der Waals surface area contributed by atoms with Gasteiger partial charge in [-0.25, -0.2) is 4.57 Å². The maximum Gasteiger partial charge on any atom is 0.472 e. The molecule has 1 saturated carbocycles. The molecule has 11 N–H and O–H groups in total. The highest BCUT2D eigenvalue weighted by Crippen LogP contribution is 2.49. The van der Waals surface area contributed by atoms with Crippen LogP contribution in [-0.2, 0) is 61.2 Å². The number of ether oxygens (including phenoxy) is 7. The van der Waals surface area contributed by atoms with E-state index in [1.54, 1.807) is 0 Å². The van der Waals surface area contributed by atoms with E-state index in [2.05, 4.69) is 39.8 Å². The molecular weight excluding hydrogens is 1260 g/mol. The van der Waals surface area contributed by atoms with E-state index in [0.717, 1.165) is 89.9 Å². The Morgan fingerprint density at radius 1 is 0.432 bits per heavy atom. The molecule has 0 bridgehead atoms. The maximum absolute atomic E-state index is 14.3. The molecule has 2 aliphatic heterocycles. The van der Waals surface area contributed by atoms with E-state index in [4.69, 9.17) is 42.2 Å². The topological polar surface area (TPSA) is 374 Å². The number of carbonyl (C=O) groups excluding carboxylic acids is 3. The zero-order valence-electron chi connectivity index (χ0n) is 58.1. The van der Waals surface area contributed by atoms with Crippen LogP contribution in [0.15, 0.2) is 12.2 Å². The van der Waals surface area contributed by atoms with Crippen molar-refractivity contribution in [3.8, 4) is 0 Å². The first-order valence-corrected chi connectivity index (χ1v) is 38.4. The number of aliphatic hydroxyl groups excluding tert-OH is 10. The normalized spacial score (nSPS) is 28.5. The molecule has 1 aliphatic carbocycles. The first-order valence-electron chi connectivity index (χ1n) is 36.9. The third kappa shape index (κ3) is 35.7. The Bertz CT molecular complexity index is 2040. The molecule has 2 saturated heterocycles. The maximum atomic E-state index is 14.3. The molecule has 25 heteroatoms. The van der Waals surface area contributed by atoms with Gasteiger partial charge in [-0.2, -0.15) is 0 Å². The fourth-order valence-electron chi connectivity index (χ4n) is 12.3. The summed E-state index contributed by atoms with van der Waals surface area (Å²) in [4.78, 5) is 50.9. The molecule has 3 fully saturated rings. The number of hydrogen-bond donors (Lipinski definition) is 11. The van der Waals surface area contributed by atoms with Gasteiger partial charge in [0.1, 0.15) is 98.7 Å². The lowest BCUT2D eigenvalue weighted by molar-refractivity contribution is -0.360. The molecule has 95 heavy (non-hydrogen) atoms. The fraction of sp³-hybridized carbons (Fsp3) is 0.929. The van der Waals surface area contributed by atoms with Gasteiger partial charge in [0.05, 0.1) is 13.2 Å². The predicted molar refractivity (Wildman–Crippen MR) is 356 cm³/mol. The van der Waals surface area contributed by atoms with Crippen LogP contribution in [0.2, 0.25) is 0 Å². The summed E-state index contributed by atoms with van der Waals surface area (Å²) in [6.45, 7) is 5.72. The van der Waals surface area contributed by atoms with Crippen LogP contribution in [0.25, 0.3) is 0 Å². The van der Waals surface area contributed by atoms with Crippen molar-refractivity contribution in [3.63, 3.8) is 0 Å². The van der Waals surface area contributed by atoms with Gasteiger partial charge >= 0.3 is 25.7 Å². The second-order valence-corrected chi connectivity index (χ2v) is 28.3. The summed E-state index contributed by atoms with van der Waals surface area (Å²) in [6.07, 6.45) is 7.38. The molecule has 0 aromatic rings. The Morgan fingerprint density at radius 3 is 1.25 bits per heavy atom. The Hall–Kier alpha value is -2.30. The Morgan fingerprint density at radius 2 is 0.800 bits per heavy atom. The molecule has 558 valence electrons. The Kier molecular flexibility index (Phi) is 47.4. The number of esters is 3. The molecular formula is C70H129O24P. The van der Waals surface area contributed by atoms with Gasteiger partial charge in [-0.15, -0.1) is 0 Å². The number of phosphoric ester groups is 1. The molecule has 3 aliphatic rings. The van der Waals surface area contributed by atoms with Gasteiger partial charge in [0, 0.05) is 19.3 Å². The highest BCUT2D eigenvalue weighted by molar-refractivity contribution is 7.47. The van der Waals surface area contributed by atoms with Crippen molar-refractivity contribution >= 4 is 25.7 Å². The third-order valence-electron chi connectivity index (χ3n) is 18.4. The van der Waals surface area contributed by atoms with Gasteiger partial charge in [0.25, 0.3) is 0 Å². The smallest absolute Gasteiger partial charge is 0.463 e. The second kappa shape index (κ2) is 51.8. The minimum atomic E-state index is -5.69. The Labute approximate surface area is 567 Å². The standard InChI is InChI=1S/C70H129O24P/c1-5-8-11-14-17-19-21-22-24-26-28-35-40-45-56(74)89-51(47-86-54(72)43-38-33-27-25-23-20-18-15-12-9-6-2)48-88-95(84,85)94-68-66(92-69-64(82)59(77)57(75)52(46-71)90-69)62(80)61(79)63(81)67(68)93-70-65(83)60(78)58(76)53(91-70)49-87-55(73)44-39-34-30-29-32-37-42-50(4)41-36-31-16-13-10-7-3/h22,24,50-53,57-71,75-83H,5-21,23,25-49H2,1-4H3,(H,84,85)/b24-22-. The van der Waals surface area contributed by atoms with Gasteiger partial charge < -0.3 is 89.1 Å². The van der Waals surface area contributed by atoms with E-state index >= 15 is 0 Å². The van der Waals surface area contributed by atoms with E-state index in [1.807, 2.05) is 0 Å². The van der Waals surface area contributed by atoms with Crippen LogP contribution in [0, 0.1) is 5.92 Å². The van der Waals surface area contributed by atoms with Crippen molar-refractivity contribution in [2.24, 2.45) is 5.92 Å². The minimum absolute atomic E-state index is 0.0291. The summed E-state index contributed by atoms with van der Waals surface area (Å²) in [5, 5.41) is 110. The number of carbonyl (C=O) groups is 3. The molecule has 2 heterocycles. The molecule has 0 amide bonds. The predicted octanol–water partition coefficient (Wildman–Crippen LogP) is 9.43. The monoisotopic (exact) mass is 1380 g/mol. The molecule has 19 unspecified atom stereocenters. The molecule has 0 aromatic heterocycles. The van der Waals surface area contributed by atoms with Crippen LogP contribution >= 0.6 is 7.82 Å². The summed E-state index contributed by atoms with van der Waals surface area (Å²) in [7, 11) is -5.69. The molecule has 3 rings (SSSR count). The number of allylic oxidation sites excluding steroid dienone is 2. The fourth-order valence-corrected chi connectivity index (χ4v) is 13.3. The van der Waals surface area contributed by atoms with E-state index in [-0.39, 0.29) is 19.3 Å². The van der Waals surface area contributed by atoms with Gasteiger partial charge in [0.2, 0.25) is 0 Å². The number of unbranched alkanes of at least 4 members (excludes halogenated alkanes) is 29. The van der Waals surface area contributed by atoms with Crippen LogP contribution < -0.4 is 0 Å². The largest absolute Gasteiger partial charge is 0.472 e. The van der Waals surface area contributed by atoms with Crippen LogP contribution in [0.4, 0.5) is 0 Å². The van der Waals surface area contributed by atoms with Crippen molar-refractivity contribution in [1.82, 2.24) is 0 Å². The summed E-state index contributed by atoms with van der Waals surface area (Å²) in [6, 6.07) is 0. The third-order valence-corrected chi connectivity index (χ3v) is 19.4. The molecule has 0 radical (unpaired) electrons. The molecule has 19 atom stereocenters. The van der Waals surface area contributed by atoms with Gasteiger partial charge in [-0.3, -0.25) is 23.4 Å². The highest BCUT2D eigenvalue weighted by atomic mass is 31.2. The first kappa shape index (κ1) is 86.9. The number of rotatable bonds is 56. The zero-order chi connectivity index (χ0) is 69.8. The van der Waals surface area contributed by atoms with Crippen LogP contribution in [-0.4, -0.2) is 204 Å². The van der Waals surface area contributed by atoms with E-state index in [9.17, 15) is 74.9 Å². The minimum Gasteiger partial charge on any atom is -0.463 e. The lowest BCUT2D eigenvalue weighted by atomic mass is 9.84. The first-order chi connectivity index (χ1) is 45.7. The molecule has 24 nitrogen and oxygen atoms in total. The SMILES string of the molecule is CCCCCCCC/C=C\CCCCCC(=O)OC(COC(=O)CCCCCCCCCCCCC)COP(=O)(O)OC1C(OC2OC(CO)C(O)C(O)C2O)C(O)C(O)C(O)C1OC1OC(COC(=O)CCCCCCCCC(C)CCCCCCCC)C(O)C(O)C1O. The van der Waals surface area contributed by atoms with Crippen LogP contribution in [0.1, 0.15) is 278 Å². The lowest BCUT2D eigenvalue weighted by Crippen LogP contribution is -2.69. The van der Waals surface area contributed by atoms with E-state index < -0.39 is 156 Å². The zero-order valence-corrected chi connectivity index (χ0v) is 59.0. The number of aliphatic hydroxyl groups is 10. The second-order valence-electron chi connectivity index (χ2n) is 26.9. The van der Waals surface area contributed by atoms with Crippen molar-refractivity contribution < 1.29 is 117 Å². The highest BCUT2D eigenvalue weighted by Gasteiger charge is 2.58. The molecule has 0 spiro atoms. The average molecular weight is 1390 g/mol. The van der Waals surface area contributed by atoms with Crippen molar-refractivity contribution in [1.29, 1.82) is 0 Å². The number of phosphoric acid groups is 1. The summed E-state index contributed by atoms with van der Waals surface area (Å²) in [5.74, 6) is -1.31. The van der Waals surface area contributed by atoms with Crippen molar-refractivity contribution in [3.05, 3.63) is 12.2 Å². The summed E-state index contributed by atoms with van der Waals surface area (Å²) < 4.78 is 64.9. The lowest BCUT2D eigenvalue weighted by Gasteiger charge is -2.49.